The van der Waals surface area contributed by atoms with Crippen molar-refractivity contribution in [3.63, 3.8) is 0 Å². The van der Waals surface area contributed by atoms with Crippen LogP contribution in [0.25, 0.3) is 0 Å². The normalized spacial score (nSPS) is 16.6. The Hall–Kier alpha value is -3.13. The Bertz CT molecular complexity index is 897. The largest absolute Gasteiger partial charge is 0.504 e. The van der Waals surface area contributed by atoms with Crippen molar-refractivity contribution in [1.29, 1.82) is 0 Å². The number of aliphatic imine (C=N–C) groups is 1. The molecular weight excluding hydrogens is 408 g/mol. The molecule has 3 N–H and O–H groups in total. The van der Waals surface area contributed by atoms with Gasteiger partial charge in [-0.2, -0.15) is 0 Å². The van der Waals surface area contributed by atoms with Gasteiger partial charge in [-0.05, 0) is 48.7 Å². The Morgan fingerprint density at radius 3 is 2.44 bits per heavy atom. The second-order valence-electron chi connectivity index (χ2n) is 7.79. The van der Waals surface area contributed by atoms with E-state index in [-0.39, 0.29) is 5.75 Å². The second kappa shape index (κ2) is 11.5. The summed E-state index contributed by atoms with van der Waals surface area (Å²) in [6.07, 6.45) is 1.04. The molecule has 174 valence electrons. The highest BCUT2D eigenvalue weighted by Crippen LogP contribution is 2.27. The SMILES string of the molecule is CCNC(=NCc1ccc(OC)c(O)c1)NC1CCN(Cc2cc(OC)cc(OC)c2)C1. The third kappa shape index (κ3) is 6.43. The first kappa shape index (κ1) is 23.5. The molecule has 1 aliphatic heterocycles. The van der Waals surface area contributed by atoms with Crippen LogP contribution in [0.2, 0.25) is 0 Å². The molecule has 1 aliphatic rings. The van der Waals surface area contributed by atoms with E-state index in [1.54, 1.807) is 26.4 Å². The molecule has 0 amide bonds. The van der Waals surface area contributed by atoms with Crippen LogP contribution in [-0.4, -0.2) is 63.0 Å². The number of nitrogens with one attached hydrogen (secondary N) is 2. The van der Waals surface area contributed by atoms with Crippen LogP contribution in [0.4, 0.5) is 0 Å². The lowest BCUT2D eigenvalue weighted by atomic mass is 10.2. The van der Waals surface area contributed by atoms with Gasteiger partial charge in [0.15, 0.2) is 17.5 Å². The molecule has 8 heteroatoms. The predicted molar refractivity (Wildman–Crippen MR) is 126 cm³/mol. The van der Waals surface area contributed by atoms with E-state index in [0.29, 0.717) is 18.3 Å². The molecule has 1 saturated heterocycles. The lowest BCUT2D eigenvalue weighted by Gasteiger charge is -2.19. The molecule has 0 bridgehead atoms. The minimum atomic E-state index is 0.124. The molecule has 0 spiro atoms. The minimum absolute atomic E-state index is 0.124. The van der Waals surface area contributed by atoms with Crippen LogP contribution in [-0.2, 0) is 13.1 Å². The van der Waals surface area contributed by atoms with Crippen LogP contribution in [0.5, 0.6) is 23.0 Å². The zero-order chi connectivity index (χ0) is 22.9. The van der Waals surface area contributed by atoms with Gasteiger partial charge in [-0.15, -0.1) is 0 Å². The monoisotopic (exact) mass is 442 g/mol. The van der Waals surface area contributed by atoms with Crippen LogP contribution < -0.4 is 24.8 Å². The molecule has 32 heavy (non-hydrogen) atoms. The van der Waals surface area contributed by atoms with Crippen molar-refractivity contribution < 1.29 is 19.3 Å². The zero-order valence-corrected chi connectivity index (χ0v) is 19.4. The summed E-state index contributed by atoms with van der Waals surface area (Å²) in [6.45, 7) is 6.06. The van der Waals surface area contributed by atoms with E-state index in [2.05, 4.69) is 32.7 Å². The van der Waals surface area contributed by atoms with Gasteiger partial charge in [0.25, 0.3) is 0 Å². The van der Waals surface area contributed by atoms with Crippen LogP contribution in [0, 0.1) is 0 Å². The summed E-state index contributed by atoms with van der Waals surface area (Å²) in [5, 5.41) is 16.8. The number of guanidine groups is 1. The van der Waals surface area contributed by atoms with E-state index in [1.807, 2.05) is 19.1 Å². The summed E-state index contributed by atoms with van der Waals surface area (Å²) in [5.41, 5.74) is 2.09. The maximum Gasteiger partial charge on any atom is 0.191 e. The van der Waals surface area contributed by atoms with E-state index >= 15 is 0 Å². The van der Waals surface area contributed by atoms with Gasteiger partial charge in [0.2, 0.25) is 0 Å². The number of hydrogen-bond acceptors (Lipinski definition) is 6. The fourth-order valence-corrected chi connectivity index (χ4v) is 3.83. The van der Waals surface area contributed by atoms with Crippen molar-refractivity contribution in [2.75, 3.05) is 41.0 Å². The molecule has 1 unspecified atom stereocenters. The highest BCUT2D eigenvalue weighted by atomic mass is 16.5. The number of phenolic OH excluding ortho intramolecular Hbond substituents is 1. The Kier molecular flexibility index (Phi) is 8.44. The fraction of sp³-hybridized carbons (Fsp3) is 0.458. The maximum absolute atomic E-state index is 9.98. The first-order valence-corrected chi connectivity index (χ1v) is 10.9. The Labute approximate surface area is 190 Å². The number of nitrogens with zero attached hydrogens (tertiary/aromatic N) is 2. The number of aromatic hydroxyl groups is 1. The molecule has 0 aliphatic carbocycles. The smallest absolute Gasteiger partial charge is 0.191 e. The molecule has 2 aromatic rings. The van der Waals surface area contributed by atoms with E-state index < -0.39 is 0 Å². The van der Waals surface area contributed by atoms with Gasteiger partial charge < -0.3 is 30.0 Å². The molecule has 0 radical (unpaired) electrons. The van der Waals surface area contributed by atoms with E-state index in [4.69, 9.17) is 14.2 Å². The molecule has 1 fully saturated rings. The van der Waals surface area contributed by atoms with Crippen molar-refractivity contribution in [3.8, 4) is 23.0 Å². The van der Waals surface area contributed by atoms with Crippen LogP contribution in [0.3, 0.4) is 0 Å². The minimum Gasteiger partial charge on any atom is -0.504 e. The molecule has 1 heterocycles. The van der Waals surface area contributed by atoms with Gasteiger partial charge in [-0.1, -0.05) is 6.07 Å². The Morgan fingerprint density at radius 1 is 1.06 bits per heavy atom. The Morgan fingerprint density at radius 2 is 1.81 bits per heavy atom. The van der Waals surface area contributed by atoms with E-state index in [1.165, 1.54) is 12.7 Å². The molecule has 8 nitrogen and oxygen atoms in total. The molecule has 0 saturated carbocycles. The molecule has 2 aromatic carbocycles. The highest BCUT2D eigenvalue weighted by Gasteiger charge is 2.23. The van der Waals surface area contributed by atoms with Gasteiger partial charge in [0, 0.05) is 38.3 Å². The van der Waals surface area contributed by atoms with Gasteiger partial charge in [-0.3, -0.25) is 4.90 Å². The van der Waals surface area contributed by atoms with Crippen molar-refractivity contribution in [3.05, 3.63) is 47.5 Å². The Balaban J connectivity index is 1.58. The quantitative estimate of drug-likeness (QED) is 0.407. The van der Waals surface area contributed by atoms with E-state index in [9.17, 15) is 5.11 Å². The van der Waals surface area contributed by atoms with Crippen LogP contribution >= 0.6 is 0 Å². The molecule has 1 atom stereocenters. The first-order valence-electron chi connectivity index (χ1n) is 10.9. The summed E-state index contributed by atoms with van der Waals surface area (Å²) < 4.78 is 15.9. The fourth-order valence-electron chi connectivity index (χ4n) is 3.83. The van der Waals surface area contributed by atoms with Crippen molar-refractivity contribution in [1.82, 2.24) is 15.5 Å². The van der Waals surface area contributed by atoms with E-state index in [0.717, 1.165) is 55.6 Å². The number of ether oxygens (including phenoxy) is 3. The lowest BCUT2D eigenvalue weighted by Crippen LogP contribution is -2.44. The number of rotatable bonds is 9. The maximum atomic E-state index is 9.98. The van der Waals surface area contributed by atoms with Crippen LogP contribution in [0.15, 0.2) is 41.4 Å². The number of likely N-dealkylation sites (tertiary alicyclic amines) is 1. The molecule has 0 aromatic heterocycles. The van der Waals surface area contributed by atoms with Crippen molar-refractivity contribution in [2.24, 2.45) is 4.99 Å². The van der Waals surface area contributed by atoms with Crippen LogP contribution in [0.1, 0.15) is 24.5 Å². The number of methoxy groups -OCH3 is 3. The van der Waals surface area contributed by atoms with Crippen molar-refractivity contribution in [2.45, 2.75) is 32.5 Å². The lowest BCUT2D eigenvalue weighted by molar-refractivity contribution is 0.321. The topological polar surface area (TPSA) is 87.6 Å². The van der Waals surface area contributed by atoms with Gasteiger partial charge in [-0.25, -0.2) is 4.99 Å². The third-order valence-corrected chi connectivity index (χ3v) is 5.44. The summed E-state index contributed by atoms with van der Waals surface area (Å²) >= 11 is 0. The van der Waals surface area contributed by atoms with Gasteiger partial charge in [0.05, 0.1) is 27.9 Å². The molecular formula is C24H34N4O4. The van der Waals surface area contributed by atoms with Gasteiger partial charge in [0.1, 0.15) is 11.5 Å². The summed E-state index contributed by atoms with van der Waals surface area (Å²) in [5.74, 6) is 2.97. The number of hydrogen-bond donors (Lipinski definition) is 3. The predicted octanol–water partition coefficient (Wildman–Crippen LogP) is 2.75. The zero-order valence-electron chi connectivity index (χ0n) is 19.4. The standard InChI is InChI=1S/C24H34N4O4/c1-5-25-24(26-14-17-6-7-23(32-4)22(29)12-17)27-19-8-9-28(16-19)15-18-10-20(30-2)13-21(11-18)31-3/h6-7,10-13,19,29H,5,8-9,14-16H2,1-4H3,(H2,25,26,27). The number of benzene rings is 2. The summed E-state index contributed by atoms with van der Waals surface area (Å²) in [7, 11) is 4.88. The third-order valence-electron chi connectivity index (χ3n) is 5.44. The average molecular weight is 443 g/mol. The van der Waals surface area contributed by atoms with Crippen molar-refractivity contribution >= 4 is 5.96 Å². The summed E-state index contributed by atoms with van der Waals surface area (Å²) in [6, 6.07) is 11.7. The van der Waals surface area contributed by atoms with Gasteiger partial charge >= 0.3 is 0 Å². The second-order valence-corrected chi connectivity index (χ2v) is 7.79. The molecule has 3 rings (SSSR count). The summed E-state index contributed by atoms with van der Waals surface area (Å²) in [4.78, 5) is 7.10. The highest BCUT2D eigenvalue weighted by molar-refractivity contribution is 5.80. The average Bonchev–Trinajstić information content (AvgIpc) is 3.23. The first-order chi connectivity index (χ1) is 15.5. The number of phenols is 1.